The van der Waals surface area contributed by atoms with E-state index in [1.54, 1.807) is 24.7 Å². The van der Waals surface area contributed by atoms with E-state index in [4.69, 9.17) is 9.47 Å². The van der Waals surface area contributed by atoms with Crippen molar-refractivity contribution in [2.45, 2.75) is 18.9 Å². The Labute approximate surface area is 134 Å². The molecule has 0 radical (unpaired) electrons. The Kier molecular flexibility index (Phi) is 3.57. The van der Waals surface area contributed by atoms with Gasteiger partial charge >= 0.3 is 0 Å². The van der Waals surface area contributed by atoms with Crippen LogP contribution in [0.1, 0.15) is 34.9 Å². The van der Waals surface area contributed by atoms with Gasteiger partial charge in [-0.05, 0) is 25.0 Å². The number of hydrogen-bond donors (Lipinski definition) is 0. The van der Waals surface area contributed by atoms with Crippen molar-refractivity contribution in [3.8, 4) is 11.5 Å². The fourth-order valence-electron chi connectivity index (χ4n) is 3.20. The summed E-state index contributed by atoms with van der Waals surface area (Å²) in [4.78, 5) is 23.4. The molecule has 1 saturated heterocycles. The Balaban J connectivity index is 1.66. The first-order valence-electron chi connectivity index (χ1n) is 7.80. The zero-order chi connectivity index (χ0) is 15.6. The van der Waals surface area contributed by atoms with Crippen LogP contribution < -0.4 is 9.47 Å². The van der Waals surface area contributed by atoms with E-state index in [9.17, 15) is 4.79 Å². The topological polar surface area (TPSA) is 64.6 Å². The third-order valence-corrected chi connectivity index (χ3v) is 4.23. The lowest BCUT2D eigenvalue weighted by molar-refractivity contribution is 0.0722. The minimum Gasteiger partial charge on any atom is -0.486 e. The van der Waals surface area contributed by atoms with E-state index in [0.717, 1.165) is 18.5 Å². The molecule has 23 heavy (non-hydrogen) atoms. The molecule has 0 unspecified atom stereocenters. The van der Waals surface area contributed by atoms with Gasteiger partial charge in [0, 0.05) is 18.9 Å². The van der Waals surface area contributed by atoms with Crippen LogP contribution in [0.5, 0.6) is 11.5 Å². The summed E-state index contributed by atoms with van der Waals surface area (Å²) in [6.07, 6.45) is 6.90. The molecule has 1 atom stereocenters. The van der Waals surface area contributed by atoms with Crippen molar-refractivity contribution in [2.75, 3.05) is 19.8 Å². The maximum Gasteiger partial charge on any atom is 0.258 e. The first-order valence-corrected chi connectivity index (χ1v) is 7.80. The van der Waals surface area contributed by atoms with Gasteiger partial charge in [0.1, 0.15) is 13.2 Å². The van der Waals surface area contributed by atoms with Crippen LogP contribution in [0.25, 0.3) is 0 Å². The predicted octanol–water partition coefficient (Wildman–Crippen LogP) is 2.23. The van der Waals surface area contributed by atoms with Crippen LogP contribution in [-0.2, 0) is 0 Å². The summed E-state index contributed by atoms with van der Waals surface area (Å²) in [7, 11) is 0. The number of nitrogens with zero attached hydrogens (tertiary/aromatic N) is 3. The highest BCUT2D eigenvalue weighted by Crippen LogP contribution is 2.37. The van der Waals surface area contributed by atoms with E-state index < -0.39 is 0 Å². The maximum atomic E-state index is 13.0. The largest absolute Gasteiger partial charge is 0.486 e. The first-order chi connectivity index (χ1) is 11.3. The quantitative estimate of drug-likeness (QED) is 0.851. The molecule has 118 valence electrons. The highest BCUT2D eigenvalue weighted by atomic mass is 16.6. The zero-order valence-corrected chi connectivity index (χ0v) is 12.6. The van der Waals surface area contributed by atoms with Gasteiger partial charge in [0.25, 0.3) is 5.91 Å². The second-order valence-corrected chi connectivity index (χ2v) is 5.62. The molecule has 1 fully saturated rings. The number of rotatable bonds is 2. The van der Waals surface area contributed by atoms with Gasteiger partial charge in [-0.3, -0.25) is 14.8 Å². The highest BCUT2D eigenvalue weighted by Gasteiger charge is 2.33. The molecule has 2 aliphatic rings. The average Bonchev–Trinajstić information content (AvgIpc) is 3.11. The lowest BCUT2D eigenvalue weighted by atomic mass is 10.1. The van der Waals surface area contributed by atoms with Crippen LogP contribution in [0, 0.1) is 0 Å². The minimum atomic E-state index is -0.0412. The van der Waals surface area contributed by atoms with Crippen molar-refractivity contribution in [1.82, 2.24) is 14.9 Å². The van der Waals surface area contributed by atoms with E-state index in [2.05, 4.69) is 9.97 Å². The van der Waals surface area contributed by atoms with E-state index >= 15 is 0 Å². The summed E-state index contributed by atoms with van der Waals surface area (Å²) in [6, 6.07) is 5.42. The Bertz CT molecular complexity index is 720. The van der Waals surface area contributed by atoms with Gasteiger partial charge < -0.3 is 14.4 Å². The molecule has 0 aliphatic carbocycles. The zero-order valence-electron chi connectivity index (χ0n) is 12.6. The molecule has 4 rings (SSSR count). The molecule has 0 N–H and O–H groups in total. The molecule has 6 nitrogen and oxygen atoms in total. The lowest BCUT2D eigenvalue weighted by Gasteiger charge is -2.26. The van der Waals surface area contributed by atoms with Gasteiger partial charge in [0.2, 0.25) is 0 Å². The second-order valence-electron chi connectivity index (χ2n) is 5.62. The number of aromatic nitrogens is 2. The Hall–Kier alpha value is -2.63. The molecular weight excluding hydrogens is 294 g/mol. The molecule has 1 amide bonds. The Morgan fingerprint density at radius 1 is 1.22 bits per heavy atom. The third kappa shape index (κ3) is 2.50. The van der Waals surface area contributed by atoms with Gasteiger partial charge in [0.05, 0.1) is 23.5 Å². The van der Waals surface area contributed by atoms with Crippen LogP contribution in [0.4, 0.5) is 0 Å². The standard InChI is InChI=1S/C17H17N3O3/c21-17(12-3-1-5-15-16(12)23-10-9-22-15)20-8-2-4-14(20)13-11-18-6-7-19-13/h1,3,5-7,11,14H,2,4,8-10H2/t14-/m1/s1. The van der Waals surface area contributed by atoms with Crippen molar-refractivity contribution in [3.05, 3.63) is 48.0 Å². The second kappa shape index (κ2) is 5.87. The summed E-state index contributed by atoms with van der Waals surface area (Å²) >= 11 is 0. The fourth-order valence-corrected chi connectivity index (χ4v) is 3.20. The van der Waals surface area contributed by atoms with Crippen LogP contribution >= 0.6 is 0 Å². The van der Waals surface area contributed by atoms with E-state index in [-0.39, 0.29) is 11.9 Å². The van der Waals surface area contributed by atoms with Crippen LogP contribution in [0.2, 0.25) is 0 Å². The smallest absolute Gasteiger partial charge is 0.258 e. The van der Waals surface area contributed by atoms with Gasteiger partial charge in [-0.1, -0.05) is 6.07 Å². The monoisotopic (exact) mass is 311 g/mol. The molecule has 0 spiro atoms. The first kappa shape index (κ1) is 14.0. The number of carbonyl (C=O) groups excluding carboxylic acids is 1. The van der Waals surface area contributed by atoms with Gasteiger partial charge in [-0.15, -0.1) is 0 Å². The van der Waals surface area contributed by atoms with Crippen molar-refractivity contribution in [1.29, 1.82) is 0 Å². The van der Waals surface area contributed by atoms with Crippen molar-refractivity contribution in [2.24, 2.45) is 0 Å². The average molecular weight is 311 g/mol. The maximum absolute atomic E-state index is 13.0. The van der Waals surface area contributed by atoms with Crippen molar-refractivity contribution < 1.29 is 14.3 Å². The van der Waals surface area contributed by atoms with Gasteiger partial charge in [-0.2, -0.15) is 0 Å². The SMILES string of the molecule is O=C(c1cccc2c1OCCO2)N1CCC[C@@H]1c1cnccn1. The van der Waals surface area contributed by atoms with Gasteiger partial charge in [-0.25, -0.2) is 0 Å². The number of hydrogen-bond acceptors (Lipinski definition) is 5. The molecule has 2 aliphatic heterocycles. The summed E-state index contributed by atoms with van der Waals surface area (Å²) < 4.78 is 11.2. The molecule has 6 heteroatoms. The molecule has 0 saturated carbocycles. The van der Waals surface area contributed by atoms with Crippen LogP contribution in [0.15, 0.2) is 36.8 Å². The Morgan fingerprint density at radius 3 is 3.00 bits per heavy atom. The molecule has 0 bridgehead atoms. The summed E-state index contributed by atoms with van der Waals surface area (Å²) in [5.41, 5.74) is 1.39. The summed E-state index contributed by atoms with van der Waals surface area (Å²) in [6.45, 7) is 1.69. The number of fused-ring (bicyclic) bond motifs is 1. The van der Waals surface area contributed by atoms with Crippen molar-refractivity contribution in [3.63, 3.8) is 0 Å². The third-order valence-electron chi connectivity index (χ3n) is 4.23. The fraction of sp³-hybridized carbons (Fsp3) is 0.353. The van der Waals surface area contributed by atoms with Crippen molar-refractivity contribution >= 4 is 5.91 Å². The lowest BCUT2D eigenvalue weighted by Crippen LogP contribution is -2.32. The highest BCUT2D eigenvalue weighted by molar-refractivity contribution is 5.98. The molecule has 1 aromatic carbocycles. The number of para-hydroxylation sites is 1. The normalized spacial score (nSPS) is 19.7. The number of amides is 1. The van der Waals surface area contributed by atoms with Crippen LogP contribution in [0.3, 0.4) is 0 Å². The number of carbonyl (C=O) groups is 1. The number of likely N-dealkylation sites (tertiary alicyclic amines) is 1. The number of ether oxygens (including phenoxy) is 2. The van der Waals surface area contributed by atoms with E-state index in [1.807, 2.05) is 17.0 Å². The van der Waals surface area contributed by atoms with Gasteiger partial charge in [0.15, 0.2) is 11.5 Å². The molecule has 2 aromatic rings. The predicted molar refractivity (Wildman–Crippen MR) is 82.5 cm³/mol. The van der Waals surface area contributed by atoms with E-state index in [1.165, 1.54) is 0 Å². The molecule has 3 heterocycles. The summed E-state index contributed by atoms with van der Waals surface area (Å²) in [5.74, 6) is 1.14. The molecule has 1 aromatic heterocycles. The summed E-state index contributed by atoms with van der Waals surface area (Å²) in [5, 5.41) is 0. The van der Waals surface area contributed by atoms with Crippen LogP contribution in [-0.4, -0.2) is 40.5 Å². The number of benzene rings is 1. The molecular formula is C17H17N3O3. The van der Waals surface area contributed by atoms with E-state index in [0.29, 0.717) is 36.8 Å². The minimum absolute atomic E-state index is 0.0310. The Morgan fingerprint density at radius 2 is 2.13 bits per heavy atom.